The van der Waals surface area contributed by atoms with E-state index >= 15 is 0 Å². The highest BCUT2D eigenvalue weighted by Gasteiger charge is 2.38. The predicted molar refractivity (Wildman–Crippen MR) is 144 cm³/mol. The fourth-order valence-corrected chi connectivity index (χ4v) is 5.39. The van der Waals surface area contributed by atoms with Crippen molar-refractivity contribution in [2.45, 2.75) is 70.9 Å². The first-order chi connectivity index (χ1) is 17.7. The van der Waals surface area contributed by atoms with Gasteiger partial charge in [0.1, 0.15) is 16.4 Å². The molecule has 37 heavy (non-hydrogen) atoms. The van der Waals surface area contributed by atoms with Gasteiger partial charge in [-0.1, -0.05) is 45.2 Å². The fourth-order valence-electron chi connectivity index (χ4n) is 4.64. The average molecular weight is 524 g/mol. The Balaban J connectivity index is 1.82. The van der Waals surface area contributed by atoms with Crippen molar-refractivity contribution >= 4 is 40.6 Å². The van der Waals surface area contributed by atoms with Crippen molar-refractivity contribution in [3.63, 3.8) is 0 Å². The highest BCUT2D eigenvalue weighted by Crippen LogP contribution is 2.35. The minimum atomic E-state index is -1.11. The van der Waals surface area contributed by atoms with Gasteiger partial charge in [0.2, 0.25) is 0 Å². The smallest absolute Gasteiger partial charge is 0.273 e. The van der Waals surface area contributed by atoms with Crippen molar-refractivity contribution in [1.82, 2.24) is 9.69 Å². The van der Waals surface area contributed by atoms with Gasteiger partial charge >= 0.3 is 0 Å². The number of aromatic nitrogens is 1. The van der Waals surface area contributed by atoms with E-state index in [1.54, 1.807) is 31.2 Å². The number of benzene rings is 1. The summed E-state index contributed by atoms with van der Waals surface area (Å²) in [6, 6.07) is 9.83. The van der Waals surface area contributed by atoms with Gasteiger partial charge in [-0.05, 0) is 67.0 Å². The average Bonchev–Trinajstić information content (AvgIpc) is 3.48. The van der Waals surface area contributed by atoms with E-state index in [1.165, 1.54) is 4.90 Å². The number of hydrogen-bond acceptors (Lipinski definition) is 7. The Hall–Kier alpha value is -3.66. The van der Waals surface area contributed by atoms with E-state index in [2.05, 4.69) is 23.5 Å². The van der Waals surface area contributed by atoms with Gasteiger partial charge in [0, 0.05) is 11.7 Å². The van der Waals surface area contributed by atoms with E-state index in [1.807, 2.05) is 12.1 Å². The molecule has 196 valence electrons. The molecule has 0 radical (unpaired) electrons. The Morgan fingerprint density at radius 2 is 1.76 bits per heavy atom. The SMILES string of the molecule is Cc1ccc([C@H](C(=O)NC2CCCCC2)N(C(=O)c2snc(C(N)=O)c2N)c2ccc(C(C)C)cc2)o1. The molecule has 2 heterocycles. The molecule has 5 N–H and O–H groups in total. The maximum atomic E-state index is 14.1. The second-order valence-electron chi connectivity index (χ2n) is 9.75. The van der Waals surface area contributed by atoms with Gasteiger partial charge in [0.15, 0.2) is 11.7 Å². The van der Waals surface area contributed by atoms with Gasteiger partial charge in [-0.25, -0.2) is 0 Å². The van der Waals surface area contributed by atoms with Crippen molar-refractivity contribution in [3.8, 4) is 0 Å². The van der Waals surface area contributed by atoms with E-state index in [0.717, 1.165) is 49.2 Å². The van der Waals surface area contributed by atoms with Crippen LogP contribution in [0, 0.1) is 6.92 Å². The Kier molecular flexibility index (Phi) is 7.97. The van der Waals surface area contributed by atoms with Crippen LogP contribution in [-0.4, -0.2) is 28.1 Å². The maximum Gasteiger partial charge on any atom is 0.273 e. The zero-order chi connectivity index (χ0) is 26.7. The zero-order valence-electron chi connectivity index (χ0n) is 21.3. The molecule has 0 unspecified atom stereocenters. The van der Waals surface area contributed by atoms with E-state index in [-0.39, 0.29) is 34.1 Å². The molecule has 1 aliphatic carbocycles. The first-order valence-corrected chi connectivity index (χ1v) is 13.3. The van der Waals surface area contributed by atoms with Crippen LogP contribution in [0.3, 0.4) is 0 Å². The minimum absolute atomic E-state index is 0.0232. The highest BCUT2D eigenvalue weighted by molar-refractivity contribution is 7.09. The third kappa shape index (κ3) is 5.69. The first kappa shape index (κ1) is 26.4. The van der Waals surface area contributed by atoms with Gasteiger partial charge in [-0.2, -0.15) is 4.37 Å². The molecule has 0 saturated heterocycles. The van der Waals surface area contributed by atoms with Crippen LogP contribution in [0.1, 0.15) is 95.2 Å². The topological polar surface area (TPSA) is 145 Å². The van der Waals surface area contributed by atoms with Crippen molar-refractivity contribution in [3.05, 3.63) is 64.1 Å². The number of carbonyl (C=O) groups excluding carboxylic acids is 3. The van der Waals surface area contributed by atoms with E-state index in [4.69, 9.17) is 15.9 Å². The second kappa shape index (κ2) is 11.2. The van der Waals surface area contributed by atoms with Gasteiger partial charge < -0.3 is 21.2 Å². The molecule has 4 rings (SSSR count). The molecule has 9 nitrogen and oxygen atoms in total. The zero-order valence-corrected chi connectivity index (χ0v) is 22.1. The molecular formula is C27H33N5O4S. The summed E-state index contributed by atoms with van der Waals surface area (Å²) in [5.74, 6) is -0.523. The molecule has 0 bridgehead atoms. The van der Waals surface area contributed by atoms with Crippen LogP contribution in [0.15, 0.2) is 40.8 Å². The molecule has 1 aliphatic rings. The van der Waals surface area contributed by atoms with Gasteiger partial charge in [0.25, 0.3) is 17.7 Å². The minimum Gasteiger partial charge on any atom is -0.464 e. The highest BCUT2D eigenvalue weighted by atomic mass is 32.1. The van der Waals surface area contributed by atoms with Crippen LogP contribution in [0.4, 0.5) is 11.4 Å². The summed E-state index contributed by atoms with van der Waals surface area (Å²) in [4.78, 5) is 41.1. The quantitative estimate of drug-likeness (QED) is 0.391. The lowest BCUT2D eigenvalue weighted by atomic mass is 9.95. The molecule has 1 saturated carbocycles. The van der Waals surface area contributed by atoms with E-state index in [9.17, 15) is 14.4 Å². The fraction of sp³-hybridized carbons (Fsp3) is 0.407. The molecule has 0 aliphatic heterocycles. The summed E-state index contributed by atoms with van der Waals surface area (Å²) in [7, 11) is 0. The number of amides is 3. The number of nitrogens with one attached hydrogen (secondary N) is 1. The Morgan fingerprint density at radius 3 is 2.30 bits per heavy atom. The van der Waals surface area contributed by atoms with Gasteiger partial charge in [-0.3, -0.25) is 19.3 Å². The summed E-state index contributed by atoms with van der Waals surface area (Å²) in [6.45, 7) is 5.93. The largest absolute Gasteiger partial charge is 0.464 e. The Labute approximate surface area is 220 Å². The van der Waals surface area contributed by atoms with Crippen LogP contribution < -0.4 is 21.7 Å². The number of furan rings is 1. The number of carbonyl (C=O) groups is 3. The summed E-state index contributed by atoms with van der Waals surface area (Å²) in [6.07, 6.45) is 5.00. The van der Waals surface area contributed by atoms with Crippen molar-refractivity contribution in [2.24, 2.45) is 5.73 Å². The summed E-state index contributed by atoms with van der Waals surface area (Å²) in [5.41, 5.74) is 12.8. The number of hydrogen-bond donors (Lipinski definition) is 3. The van der Waals surface area contributed by atoms with E-state index in [0.29, 0.717) is 17.2 Å². The standard InChI is InChI=1S/C27H33N5O4S/c1-15(2)17-10-12-19(13-11-17)32(27(35)24-21(28)22(25(29)33)31-37-24)23(20-14-9-16(3)36-20)26(34)30-18-7-5-4-6-8-18/h9-15,18,23H,4-8,28H2,1-3H3,(H2,29,33)(H,30,34)/t23-/m1/s1. The predicted octanol–water partition coefficient (Wildman–Crippen LogP) is 4.69. The summed E-state index contributed by atoms with van der Waals surface area (Å²) >= 11 is 0.779. The first-order valence-electron chi connectivity index (χ1n) is 12.5. The van der Waals surface area contributed by atoms with Crippen LogP contribution in [0.5, 0.6) is 0 Å². The van der Waals surface area contributed by atoms with Gasteiger partial charge in [-0.15, -0.1) is 0 Å². The molecular weight excluding hydrogens is 490 g/mol. The molecule has 3 aromatic rings. The normalized spacial score (nSPS) is 14.9. The number of nitrogen functional groups attached to an aromatic ring is 1. The second-order valence-corrected chi connectivity index (χ2v) is 10.5. The molecule has 1 atom stereocenters. The monoisotopic (exact) mass is 523 g/mol. The number of nitrogens with two attached hydrogens (primary N) is 2. The summed E-state index contributed by atoms with van der Waals surface area (Å²) < 4.78 is 9.90. The molecule has 10 heteroatoms. The number of anilines is 2. The van der Waals surface area contributed by atoms with E-state index < -0.39 is 17.9 Å². The third-order valence-electron chi connectivity index (χ3n) is 6.70. The molecule has 1 aromatic carbocycles. The lowest BCUT2D eigenvalue weighted by Gasteiger charge is -2.32. The van der Waals surface area contributed by atoms with Crippen LogP contribution in [0.2, 0.25) is 0 Å². The lowest BCUT2D eigenvalue weighted by molar-refractivity contribution is -0.123. The molecule has 1 fully saturated rings. The number of primary amides is 1. The van der Waals surface area contributed by atoms with Crippen molar-refractivity contribution in [1.29, 1.82) is 0 Å². The van der Waals surface area contributed by atoms with Crippen LogP contribution in [0.25, 0.3) is 0 Å². The van der Waals surface area contributed by atoms with Crippen molar-refractivity contribution in [2.75, 3.05) is 10.6 Å². The van der Waals surface area contributed by atoms with Crippen LogP contribution in [-0.2, 0) is 4.79 Å². The summed E-state index contributed by atoms with van der Waals surface area (Å²) in [5, 5.41) is 3.14. The van der Waals surface area contributed by atoms with Crippen molar-refractivity contribution < 1.29 is 18.8 Å². The Bertz CT molecular complexity index is 1270. The van der Waals surface area contributed by atoms with Gasteiger partial charge in [0.05, 0.1) is 5.69 Å². The molecule has 3 amide bonds. The molecule has 0 spiro atoms. The number of nitrogens with zero attached hydrogens (tertiary/aromatic N) is 2. The van der Waals surface area contributed by atoms with Crippen LogP contribution >= 0.6 is 11.5 Å². The number of rotatable bonds is 8. The molecule has 2 aromatic heterocycles. The Morgan fingerprint density at radius 1 is 1.08 bits per heavy atom. The number of aryl methyl sites for hydroxylation is 1. The third-order valence-corrected chi connectivity index (χ3v) is 7.55. The lowest BCUT2D eigenvalue weighted by Crippen LogP contribution is -2.47. The maximum absolute atomic E-state index is 14.1.